The molecule has 0 saturated carbocycles. The van der Waals surface area contributed by atoms with E-state index < -0.39 is 21.7 Å². The molecule has 0 radical (unpaired) electrons. The van der Waals surface area contributed by atoms with E-state index in [-0.39, 0.29) is 33.6 Å². The lowest BCUT2D eigenvalue weighted by Gasteiger charge is -2.11. The molecule has 7 nitrogen and oxygen atoms in total. The van der Waals surface area contributed by atoms with Crippen molar-refractivity contribution in [1.82, 2.24) is 0 Å². The quantitative estimate of drug-likeness (QED) is 0.518. The van der Waals surface area contributed by atoms with Gasteiger partial charge in [-0.1, -0.05) is 23.7 Å². The second-order valence-electron chi connectivity index (χ2n) is 6.24. The maximum Gasteiger partial charge on any atom is 0.262 e. The Hall–Kier alpha value is -3.30. The lowest BCUT2D eigenvalue weighted by atomic mass is 10.3. The van der Waals surface area contributed by atoms with E-state index in [1.54, 1.807) is 12.1 Å². The normalized spacial score (nSPS) is 10.9. The van der Waals surface area contributed by atoms with Crippen LogP contribution in [0.25, 0.3) is 0 Å². The van der Waals surface area contributed by atoms with E-state index in [1.807, 2.05) is 0 Å². The third kappa shape index (κ3) is 5.87. The van der Waals surface area contributed by atoms with Gasteiger partial charge in [0.15, 0.2) is 6.61 Å². The maximum atomic E-state index is 13.6. The molecule has 162 valence electrons. The fourth-order valence-corrected chi connectivity index (χ4v) is 3.86. The predicted molar refractivity (Wildman–Crippen MR) is 116 cm³/mol. The molecule has 0 unspecified atom stereocenters. The van der Waals surface area contributed by atoms with Crippen LogP contribution in [0.4, 0.5) is 15.8 Å². The van der Waals surface area contributed by atoms with Gasteiger partial charge in [-0.3, -0.25) is 9.52 Å². The number of nitrogens with one attached hydrogen (secondary N) is 2. The Balaban J connectivity index is 1.60. The number of rotatable bonds is 8. The summed E-state index contributed by atoms with van der Waals surface area (Å²) in [4.78, 5) is 11.9. The van der Waals surface area contributed by atoms with Crippen LogP contribution in [-0.2, 0) is 14.8 Å². The average Bonchev–Trinajstić information content (AvgIpc) is 2.74. The van der Waals surface area contributed by atoms with Gasteiger partial charge in [-0.15, -0.1) is 0 Å². The summed E-state index contributed by atoms with van der Waals surface area (Å²) < 4.78 is 51.4. The summed E-state index contributed by atoms with van der Waals surface area (Å²) in [5, 5.41) is 2.66. The molecule has 3 rings (SSSR count). The van der Waals surface area contributed by atoms with E-state index >= 15 is 0 Å². The molecule has 0 spiro atoms. The zero-order chi connectivity index (χ0) is 22.4. The molecule has 31 heavy (non-hydrogen) atoms. The Labute approximate surface area is 183 Å². The zero-order valence-electron chi connectivity index (χ0n) is 16.3. The van der Waals surface area contributed by atoms with Crippen LogP contribution in [0.2, 0.25) is 5.02 Å². The van der Waals surface area contributed by atoms with E-state index in [9.17, 15) is 17.6 Å². The van der Waals surface area contributed by atoms with Gasteiger partial charge in [-0.05, 0) is 54.6 Å². The van der Waals surface area contributed by atoms with Crippen LogP contribution < -0.4 is 19.5 Å². The minimum atomic E-state index is -3.87. The van der Waals surface area contributed by atoms with Crippen LogP contribution in [0, 0.1) is 5.82 Å². The summed E-state index contributed by atoms with van der Waals surface area (Å²) in [5.41, 5.74) is 0.318. The van der Waals surface area contributed by atoms with Crippen LogP contribution >= 0.6 is 11.6 Å². The Kier molecular flexibility index (Phi) is 6.98. The summed E-state index contributed by atoms with van der Waals surface area (Å²) in [6.45, 7) is -0.372. The molecule has 0 fully saturated rings. The number of methoxy groups -OCH3 is 1. The number of sulfonamides is 1. The molecule has 0 aliphatic heterocycles. The van der Waals surface area contributed by atoms with Gasteiger partial charge in [0, 0.05) is 0 Å². The van der Waals surface area contributed by atoms with Crippen molar-refractivity contribution in [2.75, 3.05) is 23.8 Å². The average molecular weight is 465 g/mol. The highest BCUT2D eigenvalue weighted by molar-refractivity contribution is 7.92. The van der Waals surface area contributed by atoms with Crippen molar-refractivity contribution >= 4 is 38.9 Å². The Morgan fingerprint density at radius 3 is 2.42 bits per heavy atom. The first kappa shape index (κ1) is 22.4. The molecule has 0 aliphatic rings. The van der Waals surface area contributed by atoms with Crippen molar-refractivity contribution in [2.45, 2.75) is 4.90 Å². The highest BCUT2D eigenvalue weighted by Crippen LogP contribution is 2.28. The smallest absolute Gasteiger partial charge is 0.262 e. The number of benzene rings is 3. The van der Waals surface area contributed by atoms with Crippen molar-refractivity contribution in [1.29, 1.82) is 0 Å². The first-order chi connectivity index (χ1) is 14.8. The lowest BCUT2D eigenvalue weighted by molar-refractivity contribution is -0.118. The first-order valence-electron chi connectivity index (χ1n) is 8.92. The lowest BCUT2D eigenvalue weighted by Crippen LogP contribution is -2.20. The van der Waals surface area contributed by atoms with Crippen LogP contribution in [-0.4, -0.2) is 28.0 Å². The molecular weight excluding hydrogens is 447 g/mol. The first-order valence-corrected chi connectivity index (χ1v) is 10.8. The molecule has 2 N–H and O–H groups in total. The number of hydrogen-bond donors (Lipinski definition) is 2. The Morgan fingerprint density at radius 1 is 1.06 bits per heavy atom. The molecule has 10 heteroatoms. The van der Waals surface area contributed by atoms with Gasteiger partial charge >= 0.3 is 0 Å². The van der Waals surface area contributed by atoms with Gasteiger partial charge in [-0.25, -0.2) is 12.8 Å². The topological polar surface area (TPSA) is 93.7 Å². The predicted octanol–water partition coefficient (Wildman–Crippen LogP) is 4.31. The van der Waals surface area contributed by atoms with Crippen molar-refractivity contribution in [3.05, 3.63) is 77.6 Å². The van der Waals surface area contributed by atoms with E-state index in [0.29, 0.717) is 5.75 Å². The summed E-state index contributed by atoms with van der Waals surface area (Å²) in [6.07, 6.45) is 0. The van der Waals surface area contributed by atoms with E-state index in [0.717, 1.165) is 0 Å². The molecular formula is C21H18ClFN2O5S. The number of halogens is 2. The minimum absolute atomic E-state index is 0.0115. The second kappa shape index (κ2) is 9.67. The van der Waals surface area contributed by atoms with Crippen LogP contribution in [0.5, 0.6) is 11.5 Å². The van der Waals surface area contributed by atoms with Crippen LogP contribution in [0.15, 0.2) is 71.6 Å². The number of anilines is 2. The summed E-state index contributed by atoms with van der Waals surface area (Å²) in [5.74, 6) is -0.420. The van der Waals surface area contributed by atoms with Gasteiger partial charge in [0.2, 0.25) is 0 Å². The largest absolute Gasteiger partial charge is 0.495 e. The number of ether oxygens (including phenoxy) is 2. The van der Waals surface area contributed by atoms with Gasteiger partial charge in [-0.2, -0.15) is 0 Å². The second-order valence-corrected chi connectivity index (χ2v) is 8.33. The summed E-state index contributed by atoms with van der Waals surface area (Å²) in [7, 11) is -2.41. The maximum absolute atomic E-state index is 13.6. The summed E-state index contributed by atoms with van der Waals surface area (Å²) in [6, 6.07) is 15.7. The van der Waals surface area contributed by atoms with E-state index in [1.165, 1.54) is 61.7 Å². The molecule has 3 aromatic rings. The minimum Gasteiger partial charge on any atom is -0.495 e. The van der Waals surface area contributed by atoms with Crippen molar-refractivity contribution in [3.63, 3.8) is 0 Å². The Morgan fingerprint density at radius 2 is 1.77 bits per heavy atom. The molecule has 0 aromatic heterocycles. The number of hydrogen-bond acceptors (Lipinski definition) is 5. The molecule has 3 aromatic carbocycles. The SMILES string of the molecule is COc1ccc(NS(=O)(=O)c2ccc(OCC(=O)Nc3ccccc3F)cc2)cc1Cl. The molecule has 0 bridgehead atoms. The van der Waals surface area contributed by atoms with Crippen molar-refractivity contribution in [2.24, 2.45) is 0 Å². The highest BCUT2D eigenvalue weighted by atomic mass is 35.5. The number of amides is 1. The molecule has 0 atom stereocenters. The van der Waals surface area contributed by atoms with Crippen LogP contribution in [0.1, 0.15) is 0 Å². The fraction of sp³-hybridized carbons (Fsp3) is 0.0952. The van der Waals surface area contributed by atoms with Gasteiger partial charge < -0.3 is 14.8 Å². The van der Waals surface area contributed by atoms with E-state index in [4.69, 9.17) is 21.1 Å². The number of carbonyl (C=O) groups is 1. The highest BCUT2D eigenvalue weighted by Gasteiger charge is 2.15. The molecule has 0 aliphatic carbocycles. The monoisotopic (exact) mass is 464 g/mol. The molecule has 0 heterocycles. The Bertz CT molecular complexity index is 1190. The third-order valence-electron chi connectivity index (χ3n) is 4.06. The third-order valence-corrected chi connectivity index (χ3v) is 5.75. The van der Waals surface area contributed by atoms with Gasteiger partial charge in [0.1, 0.15) is 17.3 Å². The molecule has 0 saturated heterocycles. The number of para-hydroxylation sites is 1. The van der Waals surface area contributed by atoms with Gasteiger partial charge in [0.05, 0.1) is 28.4 Å². The molecule has 1 amide bonds. The van der Waals surface area contributed by atoms with E-state index in [2.05, 4.69) is 10.0 Å². The van der Waals surface area contributed by atoms with Crippen molar-refractivity contribution in [3.8, 4) is 11.5 Å². The standard InChI is InChI=1S/C21H18ClFN2O5S/c1-29-20-11-6-14(12-17(20)22)25-31(27,28)16-9-7-15(8-10-16)30-13-21(26)24-19-5-3-2-4-18(19)23/h2-12,25H,13H2,1H3,(H,24,26). The van der Waals surface area contributed by atoms with Crippen molar-refractivity contribution < 1.29 is 27.1 Å². The van der Waals surface area contributed by atoms with Crippen LogP contribution in [0.3, 0.4) is 0 Å². The fourth-order valence-electron chi connectivity index (χ4n) is 2.56. The number of carbonyl (C=O) groups excluding carboxylic acids is 1. The van der Waals surface area contributed by atoms with Gasteiger partial charge in [0.25, 0.3) is 15.9 Å². The zero-order valence-corrected chi connectivity index (χ0v) is 17.8. The summed E-state index contributed by atoms with van der Waals surface area (Å²) >= 11 is 6.02.